The molecular weight excluding hydrogens is 351 g/mol. The third-order valence-electron chi connectivity index (χ3n) is 4.72. The van der Waals surface area contributed by atoms with Gasteiger partial charge in [0, 0.05) is 29.4 Å². The van der Waals surface area contributed by atoms with E-state index in [0.717, 1.165) is 32.8 Å². The van der Waals surface area contributed by atoms with Crippen molar-refractivity contribution in [3.63, 3.8) is 0 Å². The monoisotopic (exact) mass is 376 g/mol. The number of benzene rings is 2. The second kappa shape index (κ2) is 8.34. The molecule has 0 spiro atoms. The number of fused-ring (bicyclic) bond motifs is 2. The van der Waals surface area contributed by atoms with Crippen LogP contribution in [0.3, 0.4) is 0 Å². The van der Waals surface area contributed by atoms with E-state index in [9.17, 15) is 9.50 Å². The van der Waals surface area contributed by atoms with Gasteiger partial charge in [-0.05, 0) is 64.7 Å². The highest BCUT2D eigenvalue weighted by Crippen LogP contribution is 2.28. The Hall–Kier alpha value is -3.01. The first kappa shape index (κ1) is 19.7. The maximum absolute atomic E-state index is 13.5. The van der Waals surface area contributed by atoms with E-state index < -0.39 is 0 Å². The van der Waals surface area contributed by atoms with Crippen molar-refractivity contribution in [3.05, 3.63) is 78.0 Å². The van der Waals surface area contributed by atoms with E-state index in [1.54, 1.807) is 36.8 Å². The first-order chi connectivity index (χ1) is 13.4. The van der Waals surface area contributed by atoms with E-state index in [0.29, 0.717) is 11.7 Å². The van der Waals surface area contributed by atoms with Crippen LogP contribution in [-0.2, 0) is 0 Å². The topological polar surface area (TPSA) is 46.0 Å². The van der Waals surface area contributed by atoms with Crippen LogP contribution < -0.4 is 0 Å². The maximum atomic E-state index is 13.5. The van der Waals surface area contributed by atoms with Crippen LogP contribution in [-0.4, -0.2) is 15.1 Å². The number of halogens is 1. The molecule has 0 bridgehead atoms. The smallest absolute Gasteiger partial charge is 0.127 e. The van der Waals surface area contributed by atoms with E-state index in [1.165, 1.54) is 0 Å². The summed E-state index contributed by atoms with van der Waals surface area (Å²) in [5.41, 5.74) is 2.84. The number of nitrogens with zero attached hydrogens (tertiary/aromatic N) is 2. The largest absolute Gasteiger partial charge is 0.508 e. The second-order valence-electron chi connectivity index (χ2n) is 7.52. The van der Waals surface area contributed by atoms with Crippen molar-refractivity contribution in [2.24, 2.45) is 0 Å². The van der Waals surface area contributed by atoms with Crippen molar-refractivity contribution < 1.29 is 9.50 Å². The van der Waals surface area contributed by atoms with Crippen LogP contribution in [0.1, 0.15) is 50.7 Å². The van der Waals surface area contributed by atoms with Crippen molar-refractivity contribution in [2.75, 3.05) is 0 Å². The highest BCUT2D eigenvalue weighted by Gasteiger charge is 2.08. The molecule has 0 unspecified atom stereocenters. The van der Waals surface area contributed by atoms with Gasteiger partial charge in [-0.15, -0.1) is 0 Å². The van der Waals surface area contributed by atoms with Crippen LogP contribution in [0.2, 0.25) is 0 Å². The lowest BCUT2D eigenvalue weighted by Crippen LogP contribution is -1.93. The number of hydrogen-bond acceptors (Lipinski definition) is 3. The Labute approximate surface area is 164 Å². The number of aromatic hydroxyl groups is 1. The summed E-state index contributed by atoms with van der Waals surface area (Å²) in [4.78, 5) is 8.35. The predicted octanol–water partition coefficient (Wildman–Crippen LogP) is 6.56. The standard InChI is InChI=1S/C12H12FN.C12H13NO/c1-8(2)11-5-10-7-14-4-3-9(10)6-12(11)13;1-8(2)11-7-10(14)6-9-4-3-5-13-12(9)11/h3-8H,1-2H3;3-8,14H,1-2H3. The SMILES string of the molecule is CC(C)c1cc(O)cc2cccnc12.CC(C)c1cc2cnccc2cc1F. The molecule has 0 saturated carbocycles. The molecular formula is C24H25FN2O. The first-order valence-electron chi connectivity index (χ1n) is 9.47. The van der Waals surface area contributed by atoms with Crippen LogP contribution in [0, 0.1) is 5.82 Å². The Morgan fingerprint density at radius 1 is 0.821 bits per heavy atom. The average Bonchev–Trinajstić information content (AvgIpc) is 2.67. The molecule has 0 aliphatic rings. The van der Waals surface area contributed by atoms with Gasteiger partial charge in [0.2, 0.25) is 0 Å². The fourth-order valence-electron chi connectivity index (χ4n) is 3.21. The van der Waals surface area contributed by atoms with E-state index >= 15 is 0 Å². The number of hydrogen-bond donors (Lipinski definition) is 1. The number of rotatable bonds is 2. The fourth-order valence-corrected chi connectivity index (χ4v) is 3.21. The van der Waals surface area contributed by atoms with Crippen LogP contribution in [0.5, 0.6) is 5.75 Å². The third kappa shape index (κ3) is 4.28. The summed E-state index contributed by atoms with van der Waals surface area (Å²) in [5.74, 6) is 0.770. The number of aromatic nitrogens is 2. The predicted molar refractivity (Wildman–Crippen MR) is 113 cm³/mol. The van der Waals surface area contributed by atoms with Gasteiger partial charge >= 0.3 is 0 Å². The van der Waals surface area contributed by atoms with Gasteiger partial charge in [-0.2, -0.15) is 0 Å². The van der Waals surface area contributed by atoms with E-state index in [1.807, 2.05) is 38.1 Å². The summed E-state index contributed by atoms with van der Waals surface area (Å²) in [6.07, 6.45) is 5.22. The molecule has 0 aliphatic carbocycles. The molecule has 2 aromatic carbocycles. The second-order valence-corrected chi connectivity index (χ2v) is 7.52. The number of phenolic OH excluding ortho intramolecular Hbond substituents is 1. The van der Waals surface area contributed by atoms with Gasteiger partial charge in [-0.3, -0.25) is 9.97 Å². The van der Waals surface area contributed by atoms with Gasteiger partial charge < -0.3 is 5.11 Å². The Morgan fingerprint density at radius 2 is 1.57 bits per heavy atom. The molecule has 4 aromatic rings. The molecule has 0 amide bonds. The summed E-state index contributed by atoms with van der Waals surface area (Å²) in [6, 6.07) is 12.7. The molecule has 0 atom stereocenters. The third-order valence-corrected chi connectivity index (χ3v) is 4.72. The summed E-state index contributed by atoms with van der Waals surface area (Å²) in [7, 11) is 0. The van der Waals surface area contributed by atoms with E-state index in [2.05, 4.69) is 23.8 Å². The lowest BCUT2D eigenvalue weighted by molar-refractivity contribution is 0.475. The van der Waals surface area contributed by atoms with Crippen LogP contribution >= 0.6 is 0 Å². The highest BCUT2D eigenvalue weighted by atomic mass is 19.1. The van der Waals surface area contributed by atoms with Gasteiger partial charge in [-0.25, -0.2) is 4.39 Å². The van der Waals surface area contributed by atoms with Gasteiger partial charge in [0.1, 0.15) is 11.6 Å². The van der Waals surface area contributed by atoms with E-state index in [4.69, 9.17) is 0 Å². The molecule has 2 aromatic heterocycles. The van der Waals surface area contributed by atoms with E-state index in [-0.39, 0.29) is 11.7 Å². The normalized spacial score (nSPS) is 11.1. The maximum Gasteiger partial charge on any atom is 0.127 e. The average molecular weight is 376 g/mol. The van der Waals surface area contributed by atoms with Crippen molar-refractivity contribution in [2.45, 2.75) is 39.5 Å². The zero-order chi connectivity index (χ0) is 20.3. The Balaban J connectivity index is 0.000000161. The van der Waals surface area contributed by atoms with Gasteiger partial charge in [0.05, 0.1) is 5.52 Å². The minimum Gasteiger partial charge on any atom is -0.508 e. The molecule has 1 N–H and O–H groups in total. The van der Waals surface area contributed by atoms with Crippen LogP contribution in [0.4, 0.5) is 4.39 Å². The molecule has 0 saturated heterocycles. The Kier molecular flexibility index (Phi) is 5.88. The van der Waals surface area contributed by atoms with Crippen LogP contribution in [0.15, 0.2) is 61.1 Å². The molecule has 144 valence electrons. The lowest BCUT2D eigenvalue weighted by atomic mass is 9.99. The van der Waals surface area contributed by atoms with Crippen molar-refractivity contribution in [1.82, 2.24) is 9.97 Å². The number of pyridine rings is 2. The summed E-state index contributed by atoms with van der Waals surface area (Å²) < 4.78 is 13.5. The molecule has 2 heterocycles. The molecule has 0 aliphatic heterocycles. The van der Waals surface area contributed by atoms with Gasteiger partial charge in [0.15, 0.2) is 0 Å². The summed E-state index contributed by atoms with van der Waals surface area (Å²) >= 11 is 0. The lowest BCUT2D eigenvalue weighted by Gasteiger charge is -2.09. The van der Waals surface area contributed by atoms with Crippen molar-refractivity contribution >= 4 is 21.7 Å². The Morgan fingerprint density at radius 3 is 2.29 bits per heavy atom. The summed E-state index contributed by atoms with van der Waals surface area (Å²) in [6.45, 7) is 8.17. The zero-order valence-electron chi connectivity index (χ0n) is 16.6. The number of phenols is 1. The minimum absolute atomic E-state index is 0.126. The highest BCUT2D eigenvalue weighted by molar-refractivity contribution is 5.84. The molecule has 4 heteroatoms. The molecule has 0 radical (unpaired) electrons. The zero-order valence-corrected chi connectivity index (χ0v) is 16.6. The molecule has 4 rings (SSSR count). The quantitative estimate of drug-likeness (QED) is 0.431. The van der Waals surface area contributed by atoms with Gasteiger partial charge in [0.25, 0.3) is 0 Å². The molecule has 0 fully saturated rings. The van der Waals surface area contributed by atoms with Crippen LogP contribution in [0.25, 0.3) is 21.7 Å². The Bertz CT molecular complexity index is 1110. The van der Waals surface area contributed by atoms with Crippen molar-refractivity contribution in [3.8, 4) is 5.75 Å². The van der Waals surface area contributed by atoms with Crippen molar-refractivity contribution in [1.29, 1.82) is 0 Å². The fraction of sp³-hybridized carbons (Fsp3) is 0.250. The minimum atomic E-state index is -0.126. The molecule has 28 heavy (non-hydrogen) atoms. The molecule has 3 nitrogen and oxygen atoms in total. The first-order valence-corrected chi connectivity index (χ1v) is 9.47. The summed E-state index contributed by atoms with van der Waals surface area (Å²) in [5, 5.41) is 12.4. The van der Waals surface area contributed by atoms with Gasteiger partial charge in [-0.1, -0.05) is 33.8 Å².